The third kappa shape index (κ3) is 3.77. The predicted octanol–water partition coefficient (Wildman–Crippen LogP) is 3.11. The van der Waals surface area contributed by atoms with Gasteiger partial charge in [-0.25, -0.2) is 0 Å². The number of rotatable bonds is 5. The van der Waals surface area contributed by atoms with Crippen LogP contribution in [0, 0.1) is 5.92 Å². The standard InChI is InChI=1S/C17H22BrN3O/c18-14-1-2-16-15(11-14)17(3-6-19-16)20-12-13-4-7-21(8-5-13)9-10-22/h1-3,6,11,13,22H,4-5,7-10,12H2,(H,19,20). The highest BCUT2D eigenvalue weighted by Gasteiger charge is 2.18. The van der Waals surface area contributed by atoms with E-state index in [0.29, 0.717) is 5.92 Å². The number of aliphatic hydroxyl groups is 1. The number of aliphatic hydroxyl groups excluding tert-OH is 1. The molecule has 1 saturated heterocycles. The number of likely N-dealkylation sites (tertiary alicyclic amines) is 1. The van der Waals surface area contributed by atoms with E-state index < -0.39 is 0 Å². The van der Waals surface area contributed by atoms with Crippen LogP contribution in [0.25, 0.3) is 10.9 Å². The topological polar surface area (TPSA) is 48.4 Å². The fourth-order valence-electron chi connectivity index (χ4n) is 3.08. The van der Waals surface area contributed by atoms with Gasteiger partial charge in [-0.3, -0.25) is 4.98 Å². The van der Waals surface area contributed by atoms with Gasteiger partial charge in [0.15, 0.2) is 0 Å². The molecule has 0 bridgehead atoms. The first-order chi connectivity index (χ1) is 10.8. The lowest BCUT2D eigenvalue weighted by molar-refractivity contribution is 0.151. The van der Waals surface area contributed by atoms with Gasteiger partial charge in [0.1, 0.15) is 0 Å². The minimum Gasteiger partial charge on any atom is -0.395 e. The first-order valence-electron chi connectivity index (χ1n) is 7.87. The van der Waals surface area contributed by atoms with Crippen molar-refractivity contribution in [3.05, 3.63) is 34.9 Å². The molecule has 22 heavy (non-hydrogen) atoms. The molecular formula is C17H22BrN3O. The molecule has 1 aromatic carbocycles. The number of aromatic nitrogens is 1. The molecule has 2 aromatic rings. The number of β-amino-alcohol motifs (C(OH)–C–C–N with tert-alkyl or cyclic N) is 1. The van der Waals surface area contributed by atoms with Gasteiger partial charge in [-0.15, -0.1) is 0 Å². The number of fused-ring (bicyclic) bond motifs is 1. The molecule has 3 rings (SSSR count). The Morgan fingerprint density at radius 3 is 2.86 bits per heavy atom. The number of nitrogens with zero attached hydrogens (tertiary/aromatic N) is 2. The first-order valence-corrected chi connectivity index (χ1v) is 8.67. The van der Waals surface area contributed by atoms with Crippen molar-refractivity contribution in [1.29, 1.82) is 0 Å². The summed E-state index contributed by atoms with van der Waals surface area (Å²) < 4.78 is 1.08. The Kier molecular flexibility index (Phi) is 5.28. The van der Waals surface area contributed by atoms with Crippen LogP contribution in [-0.4, -0.2) is 47.8 Å². The van der Waals surface area contributed by atoms with Gasteiger partial charge in [-0.2, -0.15) is 0 Å². The van der Waals surface area contributed by atoms with Crippen LogP contribution in [0.15, 0.2) is 34.9 Å². The Hall–Kier alpha value is -1.17. The second kappa shape index (κ2) is 7.40. The van der Waals surface area contributed by atoms with Crippen molar-refractivity contribution in [3.8, 4) is 0 Å². The lowest BCUT2D eigenvalue weighted by Crippen LogP contribution is -2.37. The number of halogens is 1. The highest BCUT2D eigenvalue weighted by Crippen LogP contribution is 2.26. The van der Waals surface area contributed by atoms with Gasteiger partial charge >= 0.3 is 0 Å². The Morgan fingerprint density at radius 2 is 2.09 bits per heavy atom. The van der Waals surface area contributed by atoms with Gasteiger partial charge < -0.3 is 15.3 Å². The molecule has 1 aliphatic heterocycles. The third-order valence-electron chi connectivity index (χ3n) is 4.41. The summed E-state index contributed by atoms with van der Waals surface area (Å²) in [5, 5.41) is 13.8. The molecule has 118 valence electrons. The molecule has 1 aliphatic rings. The van der Waals surface area contributed by atoms with Crippen molar-refractivity contribution in [3.63, 3.8) is 0 Å². The number of hydrogen-bond acceptors (Lipinski definition) is 4. The van der Waals surface area contributed by atoms with E-state index in [0.717, 1.165) is 47.2 Å². The normalized spacial score (nSPS) is 17.0. The minimum absolute atomic E-state index is 0.265. The molecule has 0 aliphatic carbocycles. The number of anilines is 1. The molecule has 0 spiro atoms. The lowest BCUT2D eigenvalue weighted by atomic mass is 9.96. The van der Waals surface area contributed by atoms with Crippen LogP contribution in [0.5, 0.6) is 0 Å². The van der Waals surface area contributed by atoms with Crippen molar-refractivity contribution < 1.29 is 5.11 Å². The predicted molar refractivity (Wildman–Crippen MR) is 94.2 cm³/mol. The van der Waals surface area contributed by atoms with Crippen molar-refractivity contribution in [2.24, 2.45) is 5.92 Å². The Labute approximate surface area is 139 Å². The average molecular weight is 364 g/mol. The maximum absolute atomic E-state index is 9.00. The number of hydrogen-bond donors (Lipinski definition) is 2. The summed E-state index contributed by atoms with van der Waals surface area (Å²) in [6.07, 6.45) is 4.25. The summed E-state index contributed by atoms with van der Waals surface area (Å²) in [7, 11) is 0. The second-order valence-corrected chi connectivity index (χ2v) is 6.83. The first kappa shape index (κ1) is 15.7. The SMILES string of the molecule is OCCN1CCC(CNc2ccnc3ccc(Br)cc23)CC1. The second-order valence-electron chi connectivity index (χ2n) is 5.91. The summed E-state index contributed by atoms with van der Waals surface area (Å²) in [6, 6.07) is 8.23. The molecule has 0 saturated carbocycles. The van der Waals surface area contributed by atoms with E-state index in [1.165, 1.54) is 12.8 Å². The van der Waals surface area contributed by atoms with Crippen molar-refractivity contribution in [1.82, 2.24) is 9.88 Å². The van der Waals surface area contributed by atoms with Gasteiger partial charge in [0, 0.05) is 34.8 Å². The molecule has 1 fully saturated rings. The van der Waals surface area contributed by atoms with E-state index in [1.54, 1.807) is 0 Å². The van der Waals surface area contributed by atoms with Gasteiger partial charge in [-0.1, -0.05) is 15.9 Å². The number of benzene rings is 1. The molecule has 0 radical (unpaired) electrons. The number of nitrogens with one attached hydrogen (secondary N) is 1. The molecule has 2 heterocycles. The molecule has 2 N–H and O–H groups in total. The van der Waals surface area contributed by atoms with Gasteiger partial charge in [0.25, 0.3) is 0 Å². The Morgan fingerprint density at radius 1 is 1.27 bits per heavy atom. The quantitative estimate of drug-likeness (QED) is 0.856. The van der Waals surface area contributed by atoms with E-state index in [1.807, 2.05) is 18.3 Å². The summed E-state index contributed by atoms with van der Waals surface area (Å²) in [4.78, 5) is 6.76. The monoisotopic (exact) mass is 363 g/mol. The van der Waals surface area contributed by atoms with Crippen LogP contribution in [-0.2, 0) is 0 Å². The van der Waals surface area contributed by atoms with Gasteiger partial charge in [-0.05, 0) is 56.1 Å². The average Bonchev–Trinajstić information content (AvgIpc) is 2.54. The van der Waals surface area contributed by atoms with Crippen LogP contribution in [0.3, 0.4) is 0 Å². The summed E-state index contributed by atoms with van der Waals surface area (Å²) in [5.41, 5.74) is 2.18. The third-order valence-corrected chi connectivity index (χ3v) is 4.90. The van der Waals surface area contributed by atoms with Crippen molar-refractivity contribution in [2.75, 3.05) is 38.1 Å². The van der Waals surface area contributed by atoms with E-state index in [4.69, 9.17) is 5.11 Å². The van der Waals surface area contributed by atoms with Crippen LogP contribution in [0.2, 0.25) is 0 Å². The Balaban J connectivity index is 1.61. The lowest BCUT2D eigenvalue weighted by Gasteiger charge is -2.31. The molecule has 1 aromatic heterocycles. The van der Waals surface area contributed by atoms with Crippen LogP contribution < -0.4 is 5.32 Å². The van der Waals surface area contributed by atoms with E-state index in [2.05, 4.69) is 43.3 Å². The Bertz CT molecular complexity index is 626. The molecule has 0 amide bonds. The van der Waals surface area contributed by atoms with E-state index >= 15 is 0 Å². The highest BCUT2D eigenvalue weighted by atomic mass is 79.9. The van der Waals surface area contributed by atoms with Gasteiger partial charge in [0.05, 0.1) is 12.1 Å². The zero-order chi connectivity index (χ0) is 15.4. The maximum atomic E-state index is 9.00. The zero-order valence-electron chi connectivity index (χ0n) is 12.6. The van der Waals surface area contributed by atoms with Crippen LogP contribution in [0.1, 0.15) is 12.8 Å². The summed E-state index contributed by atoms with van der Waals surface area (Å²) in [5.74, 6) is 0.699. The van der Waals surface area contributed by atoms with Crippen LogP contribution >= 0.6 is 15.9 Å². The van der Waals surface area contributed by atoms with E-state index in [-0.39, 0.29) is 6.61 Å². The van der Waals surface area contributed by atoms with E-state index in [9.17, 15) is 0 Å². The molecule has 0 unspecified atom stereocenters. The van der Waals surface area contributed by atoms with Gasteiger partial charge in [0.2, 0.25) is 0 Å². The molecule has 5 heteroatoms. The largest absolute Gasteiger partial charge is 0.395 e. The molecular weight excluding hydrogens is 342 g/mol. The van der Waals surface area contributed by atoms with Crippen LogP contribution in [0.4, 0.5) is 5.69 Å². The smallest absolute Gasteiger partial charge is 0.0723 e. The number of piperidine rings is 1. The summed E-state index contributed by atoms with van der Waals surface area (Å²) in [6.45, 7) is 4.26. The highest BCUT2D eigenvalue weighted by molar-refractivity contribution is 9.10. The fraction of sp³-hybridized carbons (Fsp3) is 0.471. The minimum atomic E-state index is 0.265. The summed E-state index contributed by atoms with van der Waals surface area (Å²) >= 11 is 3.53. The maximum Gasteiger partial charge on any atom is 0.0723 e. The molecule has 4 nitrogen and oxygen atoms in total. The van der Waals surface area contributed by atoms with Crippen molar-refractivity contribution >= 4 is 32.5 Å². The van der Waals surface area contributed by atoms with Crippen molar-refractivity contribution in [2.45, 2.75) is 12.8 Å². The fourth-order valence-corrected chi connectivity index (χ4v) is 3.44. The zero-order valence-corrected chi connectivity index (χ0v) is 14.2. The molecule has 0 atom stereocenters. The number of pyridine rings is 1.